The van der Waals surface area contributed by atoms with E-state index in [4.69, 9.17) is 16.3 Å². The lowest BCUT2D eigenvalue weighted by atomic mass is 10.1. The minimum atomic E-state index is 0.494. The lowest BCUT2D eigenvalue weighted by Crippen LogP contribution is -2.00. The molecule has 0 aliphatic heterocycles. The SMILES string of the molecule is CCOCc1cn(Cc2ccc3ncc(Cl)cc3c2)nn1. The molecule has 0 bridgehead atoms. The molecule has 1 aromatic carbocycles. The zero-order valence-corrected chi connectivity index (χ0v) is 12.4. The van der Waals surface area contributed by atoms with Crippen molar-refractivity contribution < 1.29 is 4.74 Å². The molecule has 5 nitrogen and oxygen atoms in total. The molecule has 2 aromatic heterocycles. The Balaban J connectivity index is 1.79. The van der Waals surface area contributed by atoms with Crippen LogP contribution in [0.4, 0.5) is 0 Å². The number of hydrogen-bond acceptors (Lipinski definition) is 4. The Morgan fingerprint density at radius 2 is 2.19 bits per heavy atom. The Hall–Kier alpha value is -1.98. The van der Waals surface area contributed by atoms with Gasteiger partial charge in [-0.05, 0) is 30.7 Å². The summed E-state index contributed by atoms with van der Waals surface area (Å²) in [5.74, 6) is 0. The fourth-order valence-corrected chi connectivity index (χ4v) is 2.29. The Morgan fingerprint density at radius 3 is 3.05 bits per heavy atom. The quantitative estimate of drug-likeness (QED) is 0.727. The fraction of sp³-hybridized carbons (Fsp3) is 0.267. The molecule has 0 fully saturated rings. The van der Waals surface area contributed by atoms with E-state index in [1.165, 1.54) is 0 Å². The van der Waals surface area contributed by atoms with Gasteiger partial charge < -0.3 is 4.74 Å². The molecule has 0 N–H and O–H groups in total. The second kappa shape index (κ2) is 6.20. The summed E-state index contributed by atoms with van der Waals surface area (Å²) in [7, 11) is 0. The summed E-state index contributed by atoms with van der Waals surface area (Å²) >= 11 is 5.98. The van der Waals surface area contributed by atoms with Crippen molar-refractivity contribution in [2.24, 2.45) is 0 Å². The van der Waals surface area contributed by atoms with Gasteiger partial charge in [-0.15, -0.1) is 5.10 Å². The van der Waals surface area contributed by atoms with Gasteiger partial charge in [-0.1, -0.05) is 22.9 Å². The molecule has 0 atom stereocenters. The highest BCUT2D eigenvalue weighted by molar-refractivity contribution is 6.31. The van der Waals surface area contributed by atoms with Crippen LogP contribution in [0.25, 0.3) is 10.9 Å². The largest absolute Gasteiger partial charge is 0.375 e. The van der Waals surface area contributed by atoms with Crippen molar-refractivity contribution in [3.8, 4) is 0 Å². The molecule has 2 heterocycles. The summed E-state index contributed by atoms with van der Waals surface area (Å²) in [6.45, 7) is 3.78. The zero-order valence-electron chi connectivity index (χ0n) is 11.7. The van der Waals surface area contributed by atoms with Crippen LogP contribution < -0.4 is 0 Å². The highest BCUT2D eigenvalue weighted by Gasteiger charge is 2.03. The van der Waals surface area contributed by atoms with Gasteiger partial charge in [0.2, 0.25) is 0 Å². The van der Waals surface area contributed by atoms with Crippen molar-refractivity contribution in [2.45, 2.75) is 20.1 Å². The predicted molar refractivity (Wildman–Crippen MR) is 81.2 cm³/mol. The van der Waals surface area contributed by atoms with Gasteiger partial charge >= 0.3 is 0 Å². The van der Waals surface area contributed by atoms with E-state index in [9.17, 15) is 0 Å². The maximum absolute atomic E-state index is 5.98. The van der Waals surface area contributed by atoms with Crippen molar-refractivity contribution >= 4 is 22.5 Å². The van der Waals surface area contributed by atoms with Gasteiger partial charge in [0.1, 0.15) is 5.69 Å². The van der Waals surface area contributed by atoms with E-state index in [1.54, 1.807) is 10.9 Å². The normalized spacial score (nSPS) is 11.1. The van der Waals surface area contributed by atoms with Crippen molar-refractivity contribution in [1.82, 2.24) is 20.0 Å². The highest BCUT2D eigenvalue weighted by Crippen LogP contribution is 2.18. The van der Waals surface area contributed by atoms with Crippen LogP contribution in [-0.2, 0) is 17.9 Å². The number of fused-ring (bicyclic) bond motifs is 1. The summed E-state index contributed by atoms with van der Waals surface area (Å²) in [5, 5.41) is 9.85. The van der Waals surface area contributed by atoms with Crippen LogP contribution in [-0.4, -0.2) is 26.6 Å². The molecule has 0 saturated heterocycles. The number of nitrogens with zero attached hydrogens (tertiary/aromatic N) is 4. The van der Waals surface area contributed by atoms with Gasteiger partial charge in [0.25, 0.3) is 0 Å². The van der Waals surface area contributed by atoms with Crippen LogP contribution in [0.15, 0.2) is 36.7 Å². The van der Waals surface area contributed by atoms with E-state index in [1.807, 2.05) is 31.3 Å². The van der Waals surface area contributed by atoms with Gasteiger partial charge in [0.05, 0.1) is 29.9 Å². The molecule has 0 aliphatic rings. The third-order valence-electron chi connectivity index (χ3n) is 3.10. The number of benzene rings is 1. The number of ether oxygens (including phenoxy) is 1. The Labute approximate surface area is 127 Å². The average Bonchev–Trinajstić information content (AvgIpc) is 2.92. The lowest BCUT2D eigenvalue weighted by Gasteiger charge is -2.03. The zero-order chi connectivity index (χ0) is 14.7. The molecule has 108 valence electrons. The first kappa shape index (κ1) is 14.0. The van der Waals surface area contributed by atoms with E-state index >= 15 is 0 Å². The Kier molecular flexibility index (Phi) is 4.13. The summed E-state index contributed by atoms with van der Waals surface area (Å²) in [6.07, 6.45) is 3.55. The fourth-order valence-electron chi connectivity index (χ4n) is 2.13. The standard InChI is InChI=1S/C15H15ClN4O/c1-2-21-10-14-9-20(19-18-14)8-11-3-4-15-12(5-11)6-13(16)7-17-15/h3-7,9H,2,8,10H2,1H3. The second-order valence-electron chi connectivity index (χ2n) is 4.73. The van der Waals surface area contributed by atoms with Gasteiger partial charge in [0.15, 0.2) is 0 Å². The molecule has 3 rings (SSSR count). The minimum Gasteiger partial charge on any atom is -0.375 e. The van der Waals surface area contributed by atoms with E-state index in [-0.39, 0.29) is 0 Å². The van der Waals surface area contributed by atoms with Crippen molar-refractivity contribution in [2.75, 3.05) is 6.61 Å². The molecule has 0 spiro atoms. The number of pyridine rings is 1. The number of halogens is 1. The van der Waals surface area contributed by atoms with Gasteiger partial charge in [-0.2, -0.15) is 0 Å². The van der Waals surface area contributed by atoms with Crippen LogP contribution >= 0.6 is 11.6 Å². The van der Waals surface area contributed by atoms with Crippen LogP contribution in [0.2, 0.25) is 5.02 Å². The predicted octanol–water partition coefficient (Wildman–Crippen LogP) is 3.06. The van der Waals surface area contributed by atoms with E-state index in [0.717, 1.165) is 22.2 Å². The lowest BCUT2D eigenvalue weighted by molar-refractivity contribution is 0.131. The minimum absolute atomic E-state index is 0.494. The molecule has 0 saturated carbocycles. The number of hydrogen-bond donors (Lipinski definition) is 0. The summed E-state index contributed by atoms with van der Waals surface area (Å²) in [4.78, 5) is 4.28. The molecule has 0 radical (unpaired) electrons. The Bertz CT molecular complexity index is 756. The third-order valence-corrected chi connectivity index (χ3v) is 3.30. The summed E-state index contributed by atoms with van der Waals surface area (Å²) < 4.78 is 7.11. The third kappa shape index (κ3) is 3.37. The first-order valence-electron chi connectivity index (χ1n) is 6.75. The number of rotatable bonds is 5. The maximum Gasteiger partial charge on any atom is 0.108 e. The van der Waals surface area contributed by atoms with E-state index < -0.39 is 0 Å². The second-order valence-corrected chi connectivity index (χ2v) is 5.16. The molecule has 0 aliphatic carbocycles. The van der Waals surface area contributed by atoms with Crippen LogP contribution in [0.3, 0.4) is 0 Å². The molecule has 0 unspecified atom stereocenters. The summed E-state index contributed by atoms with van der Waals surface area (Å²) in [5.41, 5.74) is 2.89. The van der Waals surface area contributed by atoms with E-state index in [2.05, 4.69) is 21.4 Å². The van der Waals surface area contributed by atoms with Gasteiger partial charge in [-0.3, -0.25) is 4.98 Å². The van der Waals surface area contributed by atoms with Gasteiger partial charge in [-0.25, -0.2) is 4.68 Å². The van der Waals surface area contributed by atoms with Crippen LogP contribution in [0, 0.1) is 0 Å². The van der Waals surface area contributed by atoms with E-state index in [0.29, 0.717) is 24.8 Å². The first-order valence-corrected chi connectivity index (χ1v) is 7.13. The molecule has 21 heavy (non-hydrogen) atoms. The van der Waals surface area contributed by atoms with Crippen LogP contribution in [0.1, 0.15) is 18.2 Å². The summed E-state index contributed by atoms with van der Waals surface area (Å²) in [6, 6.07) is 8.00. The van der Waals surface area contributed by atoms with Crippen LogP contribution in [0.5, 0.6) is 0 Å². The molecular formula is C15H15ClN4O. The Morgan fingerprint density at radius 1 is 1.29 bits per heavy atom. The van der Waals surface area contributed by atoms with Crippen molar-refractivity contribution in [1.29, 1.82) is 0 Å². The van der Waals surface area contributed by atoms with Crippen molar-refractivity contribution in [3.63, 3.8) is 0 Å². The molecular weight excluding hydrogens is 288 g/mol. The highest BCUT2D eigenvalue weighted by atomic mass is 35.5. The smallest absolute Gasteiger partial charge is 0.108 e. The maximum atomic E-state index is 5.98. The number of aromatic nitrogens is 4. The average molecular weight is 303 g/mol. The first-order chi connectivity index (χ1) is 10.2. The molecule has 6 heteroatoms. The molecule has 0 amide bonds. The van der Waals surface area contributed by atoms with Crippen molar-refractivity contribution in [3.05, 3.63) is 52.9 Å². The molecule has 3 aromatic rings. The van der Waals surface area contributed by atoms with Gasteiger partial charge in [0, 0.05) is 18.2 Å². The monoisotopic (exact) mass is 302 g/mol. The topological polar surface area (TPSA) is 52.8 Å².